The van der Waals surface area contributed by atoms with Gasteiger partial charge in [0.05, 0.1) is 13.2 Å². The van der Waals surface area contributed by atoms with Crippen LogP contribution in [0.5, 0.6) is 5.75 Å². The van der Waals surface area contributed by atoms with Gasteiger partial charge in [0.1, 0.15) is 11.9 Å². The van der Waals surface area contributed by atoms with Gasteiger partial charge in [0.15, 0.2) is 0 Å². The van der Waals surface area contributed by atoms with Crippen molar-refractivity contribution in [3.05, 3.63) is 29.3 Å². The predicted octanol–water partition coefficient (Wildman–Crippen LogP) is 4.03. The fourth-order valence-electron chi connectivity index (χ4n) is 2.98. The molecule has 0 saturated heterocycles. The second-order valence-corrected chi connectivity index (χ2v) is 5.87. The summed E-state index contributed by atoms with van der Waals surface area (Å²) in [5.74, 6) is 0.858. The molecule has 0 aliphatic heterocycles. The van der Waals surface area contributed by atoms with Crippen LogP contribution in [-0.2, 0) is 11.2 Å². The molecule has 2 atom stereocenters. The van der Waals surface area contributed by atoms with Crippen molar-refractivity contribution in [2.75, 3.05) is 13.7 Å². The van der Waals surface area contributed by atoms with Crippen LogP contribution in [0.3, 0.4) is 0 Å². The summed E-state index contributed by atoms with van der Waals surface area (Å²) in [6.45, 7) is 2.98. The van der Waals surface area contributed by atoms with Gasteiger partial charge in [0, 0.05) is 6.61 Å². The lowest BCUT2D eigenvalue weighted by Crippen LogP contribution is -2.28. The number of aryl methyl sites for hydroxylation is 1. The molecule has 1 aliphatic rings. The third-order valence-corrected chi connectivity index (χ3v) is 4.30. The van der Waals surface area contributed by atoms with Crippen molar-refractivity contribution in [1.29, 1.82) is 0 Å². The highest BCUT2D eigenvalue weighted by Crippen LogP contribution is 2.34. The molecule has 3 heteroatoms. The molecule has 0 aromatic heterocycles. The number of fused-ring (bicyclic) bond motifs is 1. The summed E-state index contributed by atoms with van der Waals surface area (Å²) in [6.07, 6.45) is 7.45. The standard InChI is InChI=1S/C18H28O3/c1-3-4-5-6-7-12-21-17-11-8-14-13-15(20-2)9-10-16(14)18(17)19/h9-10,13,17-19H,3-8,11-12H2,1-2H3. The van der Waals surface area contributed by atoms with E-state index in [0.29, 0.717) is 0 Å². The lowest BCUT2D eigenvalue weighted by molar-refractivity contribution is -0.0494. The van der Waals surface area contributed by atoms with Crippen LogP contribution in [0, 0.1) is 0 Å². The highest BCUT2D eigenvalue weighted by Gasteiger charge is 2.28. The van der Waals surface area contributed by atoms with Crippen molar-refractivity contribution in [3.8, 4) is 5.75 Å². The molecule has 0 bridgehead atoms. The van der Waals surface area contributed by atoms with Crippen LogP contribution < -0.4 is 4.74 Å². The molecule has 0 saturated carbocycles. The van der Waals surface area contributed by atoms with Crippen molar-refractivity contribution in [2.24, 2.45) is 0 Å². The summed E-state index contributed by atoms with van der Waals surface area (Å²) < 4.78 is 11.1. The molecular weight excluding hydrogens is 264 g/mol. The first kappa shape index (κ1) is 16.3. The average Bonchev–Trinajstić information content (AvgIpc) is 2.52. The highest BCUT2D eigenvalue weighted by molar-refractivity contribution is 5.39. The molecule has 1 N–H and O–H groups in total. The predicted molar refractivity (Wildman–Crippen MR) is 84.8 cm³/mol. The fourth-order valence-corrected chi connectivity index (χ4v) is 2.98. The van der Waals surface area contributed by atoms with E-state index in [-0.39, 0.29) is 6.10 Å². The van der Waals surface area contributed by atoms with Crippen LogP contribution in [0.2, 0.25) is 0 Å². The Hall–Kier alpha value is -1.06. The second kappa shape index (κ2) is 8.40. The molecular formula is C18H28O3. The van der Waals surface area contributed by atoms with Gasteiger partial charge in [0.25, 0.3) is 0 Å². The normalized spacial score (nSPS) is 21.1. The SMILES string of the molecule is CCCCCCCOC1CCc2cc(OC)ccc2C1O. The zero-order valence-corrected chi connectivity index (χ0v) is 13.3. The molecule has 0 heterocycles. The molecule has 0 radical (unpaired) electrons. The third-order valence-electron chi connectivity index (χ3n) is 4.30. The smallest absolute Gasteiger partial charge is 0.119 e. The largest absolute Gasteiger partial charge is 0.497 e. The minimum atomic E-state index is -0.504. The Morgan fingerprint density at radius 3 is 2.76 bits per heavy atom. The number of methoxy groups -OCH3 is 1. The number of benzene rings is 1. The van der Waals surface area contributed by atoms with E-state index >= 15 is 0 Å². The van der Waals surface area contributed by atoms with E-state index in [1.54, 1.807) is 7.11 Å². The van der Waals surface area contributed by atoms with Crippen molar-refractivity contribution < 1.29 is 14.6 Å². The molecule has 118 valence electrons. The Kier molecular flexibility index (Phi) is 6.52. The number of unbranched alkanes of at least 4 members (excludes halogenated alkanes) is 4. The van der Waals surface area contributed by atoms with Gasteiger partial charge < -0.3 is 14.6 Å². The summed E-state index contributed by atoms with van der Waals surface area (Å²) in [7, 11) is 1.67. The zero-order chi connectivity index (χ0) is 15.1. The van der Waals surface area contributed by atoms with Crippen LogP contribution in [0.15, 0.2) is 18.2 Å². The summed E-state index contributed by atoms with van der Waals surface area (Å²) in [5, 5.41) is 10.5. The first-order valence-corrected chi connectivity index (χ1v) is 8.22. The maximum Gasteiger partial charge on any atom is 0.119 e. The molecule has 1 aromatic rings. The van der Waals surface area contributed by atoms with E-state index < -0.39 is 6.10 Å². The first-order chi connectivity index (χ1) is 10.3. The quantitative estimate of drug-likeness (QED) is 0.735. The lowest BCUT2D eigenvalue weighted by atomic mass is 9.87. The molecule has 0 spiro atoms. The Balaban J connectivity index is 1.81. The van der Waals surface area contributed by atoms with Crippen molar-refractivity contribution in [2.45, 2.75) is 64.1 Å². The average molecular weight is 292 g/mol. The maximum absolute atomic E-state index is 10.5. The summed E-state index contributed by atoms with van der Waals surface area (Å²) >= 11 is 0. The maximum atomic E-state index is 10.5. The van der Waals surface area contributed by atoms with E-state index in [1.165, 1.54) is 31.2 Å². The van der Waals surface area contributed by atoms with Crippen LogP contribution in [0.25, 0.3) is 0 Å². The van der Waals surface area contributed by atoms with Crippen LogP contribution >= 0.6 is 0 Å². The lowest BCUT2D eigenvalue weighted by Gasteiger charge is -2.30. The molecule has 1 aliphatic carbocycles. The van der Waals surface area contributed by atoms with Gasteiger partial charge in [-0.05, 0) is 42.5 Å². The van der Waals surface area contributed by atoms with Gasteiger partial charge in [-0.15, -0.1) is 0 Å². The van der Waals surface area contributed by atoms with Crippen LogP contribution in [-0.4, -0.2) is 24.9 Å². The fraction of sp³-hybridized carbons (Fsp3) is 0.667. The van der Waals surface area contributed by atoms with E-state index in [4.69, 9.17) is 9.47 Å². The number of ether oxygens (including phenoxy) is 2. The topological polar surface area (TPSA) is 38.7 Å². The highest BCUT2D eigenvalue weighted by atomic mass is 16.5. The summed E-state index contributed by atoms with van der Waals surface area (Å²) in [6, 6.07) is 5.91. The van der Waals surface area contributed by atoms with Crippen LogP contribution in [0.4, 0.5) is 0 Å². The molecule has 2 rings (SSSR count). The Morgan fingerprint density at radius 2 is 2.00 bits per heavy atom. The Morgan fingerprint density at radius 1 is 1.19 bits per heavy atom. The number of hydrogen-bond acceptors (Lipinski definition) is 3. The monoisotopic (exact) mass is 292 g/mol. The van der Waals surface area contributed by atoms with E-state index in [9.17, 15) is 5.11 Å². The Labute approximate surface area is 128 Å². The zero-order valence-electron chi connectivity index (χ0n) is 13.3. The minimum Gasteiger partial charge on any atom is -0.497 e. The van der Waals surface area contributed by atoms with Gasteiger partial charge in [-0.2, -0.15) is 0 Å². The molecule has 3 nitrogen and oxygen atoms in total. The summed E-state index contributed by atoms with van der Waals surface area (Å²) in [5.41, 5.74) is 2.18. The van der Waals surface area contributed by atoms with Gasteiger partial charge in [-0.3, -0.25) is 0 Å². The second-order valence-electron chi connectivity index (χ2n) is 5.87. The van der Waals surface area contributed by atoms with Gasteiger partial charge in [0.2, 0.25) is 0 Å². The molecule has 21 heavy (non-hydrogen) atoms. The van der Waals surface area contributed by atoms with E-state index in [2.05, 4.69) is 6.92 Å². The minimum absolute atomic E-state index is 0.0583. The Bertz CT molecular complexity index is 430. The van der Waals surface area contributed by atoms with E-state index in [0.717, 1.165) is 37.2 Å². The molecule has 0 amide bonds. The number of rotatable bonds is 8. The van der Waals surface area contributed by atoms with Crippen LogP contribution in [0.1, 0.15) is 62.7 Å². The summed E-state index contributed by atoms with van der Waals surface area (Å²) in [4.78, 5) is 0. The van der Waals surface area contributed by atoms with Crippen molar-refractivity contribution in [3.63, 3.8) is 0 Å². The number of aliphatic hydroxyl groups excluding tert-OH is 1. The van der Waals surface area contributed by atoms with Gasteiger partial charge >= 0.3 is 0 Å². The van der Waals surface area contributed by atoms with Crippen molar-refractivity contribution in [1.82, 2.24) is 0 Å². The third kappa shape index (κ3) is 4.45. The van der Waals surface area contributed by atoms with Crippen molar-refractivity contribution >= 4 is 0 Å². The molecule has 0 fully saturated rings. The number of aliphatic hydroxyl groups is 1. The number of hydrogen-bond donors (Lipinski definition) is 1. The van der Waals surface area contributed by atoms with E-state index in [1.807, 2.05) is 18.2 Å². The van der Waals surface area contributed by atoms with Gasteiger partial charge in [-0.25, -0.2) is 0 Å². The van der Waals surface area contributed by atoms with Gasteiger partial charge in [-0.1, -0.05) is 38.7 Å². The molecule has 1 aromatic carbocycles. The first-order valence-electron chi connectivity index (χ1n) is 8.22. The molecule has 2 unspecified atom stereocenters.